The van der Waals surface area contributed by atoms with Gasteiger partial charge in [0.2, 0.25) is 5.91 Å². The van der Waals surface area contributed by atoms with Gasteiger partial charge >= 0.3 is 5.97 Å². The molecule has 2 aromatic carbocycles. The number of nitrogens with one attached hydrogen (secondary N) is 1. The van der Waals surface area contributed by atoms with Gasteiger partial charge in [0.15, 0.2) is 6.61 Å². The van der Waals surface area contributed by atoms with E-state index >= 15 is 0 Å². The number of methoxy groups -OCH3 is 1. The zero-order valence-electron chi connectivity index (χ0n) is 15.3. The van der Waals surface area contributed by atoms with E-state index in [0.29, 0.717) is 29.3 Å². The average Bonchev–Trinajstić information content (AvgIpc) is 3.13. The Balaban J connectivity index is 1.64. The number of nitrogens with zero attached hydrogens (tertiary/aromatic N) is 1. The monoisotopic (exact) mass is 406 g/mol. The van der Waals surface area contributed by atoms with Crippen LogP contribution in [0.1, 0.15) is 12.8 Å². The highest BCUT2D eigenvalue weighted by molar-refractivity contribution is 8.25. The van der Waals surface area contributed by atoms with E-state index in [2.05, 4.69) is 9.46 Å². The van der Waals surface area contributed by atoms with Gasteiger partial charge in [0, 0.05) is 18.7 Å². The second-order valence-corrected chi connectivity index (χ2v) is 7.96. The maximum absolute atomic E-state index is 11.8. The molecule has 0 radical (unpaired) electrons. The lowest BCUT2D eigenvalue weighted by molar-refractivity contribution is -0.142. The van der Waals surface area contributed by atoms with Crippen LogP contribution in [0.15, 0.2) is 53.4 Å². The SMILES string of the molecule is COC(=O)COc1ccc(NS(O)(O)c2ccc(N3CCCC3=O)cc2)cc1. The highest BCUT2D eigenvalue weighted by atomic mass is 32.3. The normalized spacial score (nSPS) is 14.7. The van der Waals surface area contributed by atoms with Crippen molar-refractivity contribution in [1.29, 1.82) is 0 Å². The number of benzene rings is 2. The summed E-state index contributed by atoms with van der Waals surface area (Å²) in [6, 6.07) is 13.0. The second-order valence-electron chi connectivity index (χ2n) is 6.18. The van der Waals surface area contributed by atoms with Gasteiger partial charge in [0.25, 0.3) is 0 Å². The molecule has 3 N–H and O–H groups in total. The molecule has 1 heterocycles. The second kappa shape index (κ2) is 8.51. The lowest BCUT2D eigenvalue weighted by Gasteiger charge is -2.34. The quantitative estimate of drug-likeness (QED) is 0.604. The summed E-state index contributed by atoms with van der Waals surface area (Å²) in [6.07, 6.45) is 1.37. The van der Waals surface area contributed by atoms with E-state index in [-0.39, 0.29) is 12.5 Å². The number of anilines is 2. The first kappa shape index (κ1) is 20.0. The van der Waals surface area contributed by atoms with E-state index in [1.54, 1.807) is 53.4 Å². The molecular weight excluding hydrogens is 384 g/mol. The van der Waals surface area contributed by atoms with Crippen molar-refractivity contribution in [1.82, 2.24) is 0 Å². The van der Waals surface area contributed by atoms with E-state index in [1.807, 2.05) is 0 Å². The molecule has 0 atom stereocenters. The molecule has 1 fully saturated rings. The number of carbonyl (C=O) groups is 2. The third-order valence-electron chi connectivity index (χ3n) is 4.25. The first-order chi connectivity index (χ1) is 13.4. The van der Waals surface area contributed by atoms with Crippen LogP contribution in [0.3, 0.4) is 0 Å². The fourth-order valence-corrected chi connectivity index (χ4v) is 3.88. The van der Waals surface area contributed by atoms with Gasteiger partial charge in [-0.25, -0.2) is 4.79 Å². The lowest BCUT2D eigenvalue weighted by Crippen LogP contribution is -2.23. The van der Waals surface area contributed by atoms with Gasteiger partial charge in [-0.2, -0.15) is 0 Å². The maximum atomic E-state index is 11.8. The number of amides is 1. The molecule has 0 aliphatic carbocycles. The Labute approximate surface area is 164 Å². The first-order valence-corrected chi connectivity index (χ1v) is 10.2. The summed E-state index contributed by atoms with van der Waals surface area (Å²) in [5.41, 5.74) is 1.22. The van der Waals surface area contributed by atoms with Crippen molar-refractivity contribution in [2.45, 2.75) is 17.7 Å². The lowest BCUT2D eigenvalue weighted by atomic mass is 10.3. The van der Waals surface area contributed by atoms with Crippen LogP contribution in [0.5, 0.6) is 5.75 Å². The van der Waals surface area contributed by atoms with Crippen LogP contribution in [0.25, 0.3) is 0 Å². The van der Waals surface area contributed by atoms with Crippen LogP contribution >= 0.6 is 10.8 Å². The molecule has 28 heavy (non-hydrogen) atoms. The Hall–Kier alpha value is -2.75. The molecule has 1 amide bonds. The van der Waals surface area contributed by atoms with Crippen LogP contribution in [0.4, 0.5) is 11.4 Å². The summed E-state index contributed by atoms with van der Waals surface area (Å²) >= 11 is 0. The highest BCUT2D eigenvalue weighted by Gasteiger charge is 2.22. The molecule has 1 aliphatic rings. The van der Waals surface area contributed by atoms with Crippen molar-refractivity contribution >= 4 is 34.0 Å². The molecule has 0 spiro atoms. The number of esters is 1. The van der Waals surface area contributed by atoms with Gasteiger partial charge < -0.3 is 14.4 Å². The molecule has 1 saturated heterocycles. The first-order valence-electron chi connectivity index (χ1n) is 8.65. The fraction of sp³-hybridized carbons (Fsp3) is 0.263. The Morgan fingerprint density at radius 3 is 2.39 bits per heavy atom. The molecule has 0 bridgehead atoms. The molecule has 150 valence electrons. The summed E-state index contributed by atoms with van der Waals surface area (Å²) in [4.78, 5) is 24.9. The largest absolute Gasteiger partial charge is 0.482 e. The smallest absolute Gasteiger partial charge is 0.343 e. The Morgan fingerprint density at radius 1 is 1.14 bits per heavy atom. The van der Waals surface area contributed by atoms with Gasteiger partial charge in [0.1, 0.15) is 5.75 Å². The van der Waals surface area contributed by atoms with Crippen LogP contribution in [-0.2, 0) is 14.3 Å². The number of hydrogen-bond donors (Lipinski definition) is 3. The van der Waals surface area contributed by atoms with Gasteiger partial charge in [-0.15, -0.1) is 0 Å². The van der Waals surface area contributed by atoms with Crippen molar-refractivity contribution in [2.24, 2.45) is 0 Å². The van der Waals surface area contributed by atoms with Crippen molar-refractivity contribution < 1.29 is 28.2 Å². The number of ether oxygens (including phenoxy) is 2. The maximum Gasteiger partial charge on any atom is 0.343 e. The third kappa shape index (κ3) is 4.75. The van der Waals surface area contributed by atoms with E-state index in [1.165, 1.54) is 7.11 Å². The standard InChI is InChI=1S/C19H22N2O6S/c1-26-19(23)13-27-16-8-4-14(5-9-16)20-28(24,25)17-10-6-15(7-11-17)21-12-2-3-18(21)22/h4-11,20,24-25H,2-3,12-13H2,1H3. The van der Waals surface area contributed by atoms with Gasteiger partial charge in [-0.1, -0.05) is 10.8 Å². The third-order valence-corrected chi connectivity index (χ3v) is 5.70. The van der Waals surface area contributed by atoms with Crippen molar-refractivity contribution in [3.05, 3.63) is 48.5 Å². The van der Waals surface area contributed by atoms with Crippen molar-refractivity contribution in [2.75, 3.05) is 29.9 Å². The molecule has 9 heteroatoms. The molecule has 8 nitrogen and oxygen atoms in total. The molecular formula is C19H22N2O6S. The molecule has 0 aromatic heterocycles. The van der Waals surface area contributed by atoms with Crippen LogP contribution in [-0.4, -0.2) is 41.2 Å². The average molecular weight is 406 g/mol. The van der Waals surface area contributed by atoms with Gasteiger partial charge in [0.05, 0.1) is 17.7 Å². The fourth-order valence-electron chi connectivity index (χ4n) is 2.78. The highest BCUT2D eigenvalue weighted by Crippen LogP contribution is 2.48. The van der Waals surface area contributed by atoms with Crippen molar-refractivity contribution in [3.63, 3.8) is 0 Å². The van der Waals surface area contributed by atoms with E-state index in [4.69, 9.17) is 4.74 Å². The summed E-state index contributed by atoms with van der Waals surface area (Å²) in [7, 11) is -2.00. The van der Waals surface area contributed by atoms with Gasteiger partial charge in [-0.05, 0) is 55.0 Å². The van der Waals surface area contributed by atoms with E-state index in [0.717, 1.165) is 12.1 Å². The summed E-state index contributed by atoms with van der Waals surface area (Å²) < 4.78 is 33.4. The summed E-state index contributed by atoms with van der Waals surface area (Å²) in [6.45, 7) is 0.474. The Kier molecular flexibility index (Phi) is 6.08. The molecule has 0 saturated carbocycles. The van der Waals surface area contributed by atoms with Crippen LogP contribution in [0.2, 0.25) is 0 Å². The van der Waals surface area contributed by atoms with Gasteiger partial charge in [-0.3, -0.25) is 18.6 Å². The van der Waals surface area contributed by atoms with Crippen molar-refractivity contribution in [3.8, 4) is 5.75 Å². The summed E-state index contributed by atoms with van der Waals surface area (Å²) in [5.74, 6) is 0.0366. The molecule has 3 rings (SSSR count). The Morgan fingerprint density at radius 2 is 1.82 bits per heavy atom. The van der Waals surface area contributed by atoms with Crippen LogP contribution in [0, 0.1) is 0 Å². The predicted octanol–water partition coefficient (Wildman–Crippen LogP) is 3.50. The van der Waals surface area contributed by atoms with Crippen LogP contribution < -0.4 is 14.4 Å². The minimum atomic E-state index is -3.28. The minimum absolute atomic E-state index is 0.0759. The minimum Gasteiger partial charge on any atom is -0.482 e. The number of rotatable bonds is 7. The molecule has 0 unspecified atom stereocenters. The number of hydrogen-bond acceptors (Lipinski definition) is 7. The van der Waals surface area contributed by atoms with E-state index in [9.17, 15) is 18.7 Å². The molecule has 2 aromatic rings. The zero-order chi connectivity index (χ0) is 20.1. The summed E-state index contributed by atoms with van der Waals surface area (Å²) in [5, 5.41) is 0. The molecule has 1 aliphatic heterocycles. The number of carbonyl (C=O) groups excluding carboxylic acids is 2. The Bertz CT molecular complexity index is 839. The topological polar surface area (TPSA) is 108 Å². The van der Waals surface area contributed by atoms with E-state index < -0.39 is 16.7 Å². The zero-order valence-corrected chi connectivity index (χ0v) is 16.1. The predicted molar refractivity (Wildman–Crippen MR) is 107 cm³/mol.